The summed E-state index contributed by atoms with van der Waals surface area (Å²) in [6, 6.07) is 5.28. The van der Waals surface area contributed by atoms with Crippen molar-refractivity contribution >= 4 is 46.0 Å². The van der Waals surface area contributed by atoms with Gasteiger partial charge in [-0.05, 0) is 47.7 Å². The average Bonchev–Trinajstić information content (AvgIpc) is 2.80. The summed E-state index contributed by atoms with van der Waals surface area (Å²) in [5, 5.41) is 9.46. The molecule has 6 nitrogen and oxygen atoms in total. The molecular weight excluding hydrogens is 383 g/mol. The third-order valence-electron chi connectivity index (χ3n) is 2.14. The van der Waals surface area contributed by atoms with E-state index in [4.69, 9.17) is 16.3 Å². The molecule has 1 amide bonds. The minimum Gasteiger partial charge on any atom is -0.463 e. The topological polar surface area (TPSA) is 79.9 Å². The predicted octanol–water partition coefficient (Wildman–Crippen LogP) is 2.71. The molecule has 1 aromatic carbocycles. The molecule has 0 spiro atoms. The van der Waals surface area contributed by atoms with Crippen molar-refractivity contribution in [3.8, 4) is 6.01 Å². The predicted molar refractivity (Wildman–Crippen MR) is 79.7 cm³/mol. The monoisotopic (exact) mass is 392 g/mol. The minimum absolute atomic E-state index is 0.193. The van der Waals surface area contributed by atoms with Crippen molar-refractivity contribution in [3.63, 3.8) is 0 Å². The number of nitrogens with one attached hydrogen (secondary N) is 2. The maximum Gasteiger partial charge on any atom is 0.337 e. The van der Waals surface area contributed by atoms with Gasteiger partial charge in [0.2, 0.25) is 5.95 Å². The molecule has 1 heterocycles. The van der Waals surface area contributed by atoms with Crippen molar-refractivity contribution in [1.29, 1.82) is 0 Å². The number of hydrogen-bond donors (Lipinski definition) is 2. The van der Waals surface area contributed by atoms with E-state index in [9.17, 15) is 4.79 Å². The Morgan fingerprint density at radius 2 is 2.37 bits per heavy atom. The maximum atomic E-state index is 12.1. The summed E-state index contributed by atoms with van der Waals surface area (Å²) in [5.41, 5.74) is 0.474. The molecule has 0 bridgehead atoms. The summed E-state index contributed by atoms with van der Waals surface area (Å²) in [4.78, 5) is 16.0. The second kappa shape index (κ2) is 6.20. The molecule has 0 saturated heterocycles. The van der Waals surface area contributed by atoms with Crippen LogP contribution in [0, 0.1) is 3.57 Å². The van der Waals surface area contributed by atoms with Gasteiger partial charge in [-0.15, -0.1) is 5.10 Å². The minimum atomic E-state index is -0.314. The third kappa shape index (κ3) is 3.57. The molecule has 8 heteroatoms. The number of H-pyrrole nitrogens is 1. The fourth-order valence-electron chi connectivity index (χ4n) is 1.34. The van der Waals surface area contributed by atoms with Crippen LogP contribution in [0.2, 0.25) is 5.02 Å². The number of aromatic amines is 1. The SMILES string of the molecule is CCOc1n[nH]c(NC(=O)c2cc(Cl)ccc2I)n1. The Kier molecular flexibility index (Phi) is 4.59. The third-order valence-corrected chi connectivity index (χ3v) is 3.32. The van der Waals surface area contributed by atoms with Gasteiger partial charge in [-0.2, -0.15) is 4.98 Å². The largest absolute Gasteiger partial charge is 0.463 e. The lowest BCUT2D eigenvalue weighted by Gasteiger charge is -2.04. The molecule has 19 heavy (non-hydrogen) atoms. The van der Waals surface area contributed by atoms with Crippen LogP contribution >= 0.6 is 34.2 Å². The van der Waals surface area contributed by atoms with Crippen molar-refractivity contribution in [1.82, 2.24) is 15.2 Å². The Hall–Kier alpha value is -1.35. The highest BCUT2D eigenvalue weighted by molar-refractivity contribution is 14.1. The fourth-order valence-corrected chi connectivity index (χ4v) is 2.09. The van der Waals surface area contributed by atoms with E-state index in [1.54, 1.807) is 18.2 Å². The molecule has 2 aromatic rings. The molecule has 0 atom stereocenters. The van der Waals surface area contributed by atoms with Crippen LogP contribution in [0.15, 0.2) is 18.2 Å². The molecule has 0 aliphatic rings. The van der Waals surface area contributed by atoms with Crippen LogP contribution in [-0.4, -0.2) is 27.7 Å². The van der Waals surface area contributed by atoms with Gasteiger partial charge in [-0.3, -0.25) is 10.1 Å². The molecule has 0 radical (unpaired) electrons. The number of benzene rings is 1. The second-order valence-electron chi connectivity index (χ2n) is 3.48. The van der Waals surface area contributed by atoms with Crippen LogP contribution in [0.3, 0.4) is 0 Å². The van der Waals surface area contributed by atoms with E-state index in [1.807, 2.05) is 6.92 Å². The smallest absolute Gasteiger partial charge is 0.337 e. The Labute approximate surface area is 128 Å². The normalized spacial score (nSPS) is 10.3. The van der Waals surface area contributed by atoms with Crippen LogP contribution < -0.4 is 10.1 Å². The zero-order valence-corrected chi connectivity index (χ0v) is 12.8. The van der Waals surface area contributed by atoms with Gasteiger partial charge < -0.3 is 4.74 Å². The van der Waals surface area contributed by atoms with Crippen molar-refractivity contribution in [2.75, 3.05) is 11.9 Å². The van der Waals surface area contributed by atoms with Crippen LogP contribution in [0.1, 0.15) is 17.3 Å². The lowest BCUT2D eigenvalue weighted by atomic mass is 10.2. The molecule has 0 unspecified atom stereocenters. The van der Waals surface area contributed by atoms with Crippen LogP contribution in [0.4, 0.5) is 5.95 Å². The summed E-state index contributed by atoms with van der Waals surface area (Å²) in [7, 11) is 0. The van der Waals surface area contributed by atoms with Crippen molar-refractivity contribution in [2.24, 2.45) is 0 Å². The lowest BCUT2D eigenvalue weighted by Crippen LogP contribution is -2.14. The first-order valence-corrected chi connectivity index (χ1v) is 6.87. The van der Waals surface area contributed by atoms with Gasteiger partial charge in [0.15, 0.2) is 0 Å². The first-order valence-electron chi connectivity index (χ1n) is 5.41. The van der Waals surface area contributed by atoms with Gasteiger partial charge in [0.25, 0.3) is 5.91 Å². The van der Waals surface area contributed by atoms with Crippen LogP contribution in [0.25, 0.3) is 0 Å². The standard InChI is InChI=1S/C11H10ClIN4O2/c1-2-19-11-15-10(16-17-11)14-9(18)7-5-6(12)3-4-8(7)13/h3-5H,2H2,1H3,(H2,14,15,16,17,18). The Morgan fingerprint density at radius 3 is 3.11 bits per heavy atom. The highest BCUT2D eigenvalue weighted by Crippen LogP contribution is 2.19. The van der Waals surface area contributed by atoms with E-state index < -0.39 is 0 Å². The maximum absolute atomic E-state index is 12.1. The molecule has 1 aromatic heterocycles. The van der Waals surface area contributed by atoms with Crippen LogP contribution in [-0.2, 0) is 0 Å². The van der Waals surface area contributed by atoms with Crippen molar-refractivity contribution in [2.45, 2.75) is 6.92 Å². The summed E-state index contributed by atoms with van der Waals surface area (Å²) >= 11 is 7.93. The summed E-state index contributed by atoms with van der Waals surface area (Å²) < 4.78 is 5.88. The van der Waals surface area contributed by atoms with Gasteiger partial charge in [-0.25, -0.2) is 5.10 Å². The number of aromatic nitrogens is 3. The number of carbonyl (C=O) groups is 1. The number of amides is 1. The van der Waals surface area contributed by atoms with E-state index in [-0.39, 0.29) is 17.9 Å². The molecule has 2 rings (SSSR count). The number of anilines is 1. The number of carbonyl (C=O) groups excluding carboxylic acids is 1. The highest BCUT2D eigenvalue weighted by Gasteiger charge is 2.13. The Bertz CT molecular complexity index is 602. The average molecular weight is 393 g/mol. The number of ether oxygens (including phenoxy) is 1. The second-order valence-corrected chi connectivity index (χ2v) is 5.08. The quantitative estimate of drug-likeness (QED) is 0.784. The van der Waals surface area contributed by atoms with Gasteiger partial charge in [0.05, 0.1) is 12.2 Å². The molecule has 2 N–H and O–H groups in total. The first-order chi connectivity index (χ1) is 9.10. The van der Waals surface area contributed by atoms with Crippen LogP contribution in [0.5, 0.6) is 6.01 Å². The zero-order valence-electron chi connectivity index (χ0n) is 9.91. The van der Waals surface area contributed by atoms with E-state index >= 15 is 0 Å². The van der Waals surface area contributed by atoms with Crippen molar-refractivity contribution < 1.29 is 9.53 Å². The van der Waals surface area contributed by atoms with Crippen molar-refractivity contribution in [3.05, 3.63) is 32.4 Å². The highest BCUT2D eigenvalue weighted by atomic mass is 127. The van der Waals surface area contributed by atoms with Gasteiger partial charge in [0, 0.05) is 8.59 Å². The number of nitrogens with zero attached hydrogens (tertiary/aromatic N) is 2. The number of hydrogen-bond acceptors (Lipinski definition) is 4. The molecule has 0 fully saturated rings. The van der Waals surface area contributed by atoms with Gasteiger partial charge >= 0.3 is 6.01 Å². The van der Waals surface area contributed by atoms with Gasteiger partial charge in [0.1, 0.15) is 0 Å². The number of halogens is 2. The zero-order chi connectivity index (χ0) is 13.8. The molecule has 0 aliphatic carbocycles. The molecule has 0 aliphatic heterocycles. The van der Waals surface area contributed by atoms with E-state index in [0.29, 0.717) is 17.2 Å². The molecule has 0 saturated carbocycles. The first kappa shape index (κ1) is 14.1. The Morgan fingerprint density at radius 1 is 1.58 bits per heavy atom. The van der Waals surface area contributed by atoms with E-state index in [0.717, 1.165) is 3.57 Å². The lowest BCUT2D eigenvalue weighted by molar-refractivity contribution is 0.102. The van der Waals surface area contributed by atoms with Gasteiger partial charge in [-0.1, -0.05) is 11.6 Å². The van der Waals surface area contributed by atoms with E-state index in [2.05, 4.69) is 43.1 Å². The summed E-state index contributed by atoms with van der Waals surface area (Å²) in [6.45, 7) is 2.28. The number of rotatable bonds is 4. The fraction of sp³-hybridized carbons (Fsp3) is 0.182. The molecular formula is C11H10ClIN4O2. The summed E-state index contributed by atoms with van der Waals surface area (Å²) in [5.74, 6) is -0.0877. The molecule has 100 valence electrons. The summed E-state index contributed by atoms with van der Waals surface area (Å²) in [6.07, 6.45) is 0. The van der Waals surface area contributed by atoms with E-state index in [1.165, 1.54) is 0 Å². The Balaban J connectivity index is 2.13.